The van der Waals surface area contributed by atoms with Crippen molar-refractivity contribution in [3.63, 3.8) is 0 Å². The molecule has 1 amide bonds. The van der Waals surface area contributed by atoms with Gasteiger partial charge in [-0.2, -0.15) is 4.98 Å². The van der Waals surface area contributed by atoms with Crippen LogP contribution in [0.2, 0.25) is 5.02 Å². The number of nitrogens with one attached hydrogen (secondary N) is 1. The van der Waals surface area contributed by atoms with E-state index in [1.807, 2.05) is 31.7 Å². The number of aromatic nitrogens is 3. The van der Waals surface area contributed by atoms with Crippen molar-refractivity contribution in [3.05, 3.63) is 29.7 Å². The first kappa shape index (κ1) is 31.1. The molecule has 2 aromatic rings. The number of pyridine rings is 1. The summed E-state index contributed by atoms with van der Waals surface area (Å²) < 4.78 is 5.51. The first-order valence-electron chi connectivity index (χ1n) is 16.6. The van der Waals surface area contributed by atoms with Crippen molar-refractivity contribution >= 4 is 46.6 Å². The van der Waals surface area contributed by atoms with Crippen LogP contribution in [0.25, 0.3) is 0 Å². The Bertz CT molecular complexity index is 1360. The molecule has 2 aromatic heterocycles. The molecule has 3 atom stereocenters. The third-order valence-electron chi connectivity index (χ3n) is 10.1. The standard InChI is InChI=1S/C34H47ClN6O3/c1-33(2,3)44-29(42)11-8-23-6-4-13-34(14-12-23)15-17-41(31(34)43)27-18-26(19-36-20-27)38-32-37-21-28(35)30(39-32)40-16-5-7-25(22-40)24-9-10-24/h18-21,23-25H,4-17,22H2,1-3H3,(H,37,38,39). The van der Waals surface area contributed by atoms with Gasteiger partial charge in [0.2, 0.25) is 11.9 Å². The molecule has 4 fully saturated rings. The van der Waals surface area contributed by atoms with E-state index in [4.69, 9.17) is 21.3 Å². The van der Waals surface area contributed by atoms with Crippen LogP contribution in [0.5, 0.6) is 0 Å². The number of hydrogen-bond acceptors (Lipinski definition) is 8. The Morgan fingerprint density at radius 2 is 1.89 bits per heavy atom. The van der Waals surface area contributed by atoms with Crippen molar-refractivity contribution < 1.29 is 14.3 Å². The van der Waals surface area contributed by atoms with E-state index < -0.39 is 5.60 Å². The molecule has 1 N–H and O–H groups in total. The lowest BCUT2D eigenvalue weighted by atomic mass is 9.78. The molecule has 1 spiro atoms. The van der Waals surface area contributed by atoms with Gasteiger partial charge in [-0.15, -0.1) is 0 Å². The van der Waals surface area contributed by atoms with Gasteiger partial charge in [-0.1, -0.05) is 24.4 Å². The zero-order valence-corrected chi connectivity index (χ0v) is 27.2. The van der Waals surface area contributed by atoms with E-state index in [9.17, 15) is 9.59 Å². The summed E-state index contributed by atoms with van der Waals surface area (Å²) in [5.41, 5.74) is 0.746. The minimum atomic E-state index is -0.455. The van der Waals surface area contributed by atoms with Crippen LogP contribution in [0, 0.1) is 23.2 Å². The molecule has 4 heterocycles. The molecule has 2 aliphatic heterocycles. The topological polar surface area (TPSA) is 101 Å². The van der Waals surface area contributed by atoms with E-state index in [-0.39, 0.29) is 17.3 Å². The van der Waals surface area contributed by atoms with E-state index in [1.165, 1.54) is 19.3 Å². The van der Waals surface area contributed by atoms with Gasteiger partial charge in [0, 0.05) is 26.1 Å². The largest absolute Gasteiger partial charge is 0.460 e. The monoisotopic (exact) mass is 622 g/mol. The molecule has 10 heteroatoms. The first-order valence-corrected chi connectivity index (χ1v) is 17.0. The van der Waals surface area contributed by atoms with Gasteiger partial charge in [-0.3, -0.25) is 14.6 Å². The molecule has 2 aliphatic carbocycles. The van der Waals surface area contributed by atoms with Gasteiger partial charge in [-0.25, -0.2) is 4.98 Å². The summed E-state index contributed by atoms with van der Waals surface area (Å²) >= 11 is 6.58. The van der Waals surface area contributed by atoms with Crippen LogP contribution < -0.4 is 15.1 Å². The Balaban J connectivity index is 1.08. The Labute approximate surface area is 266 Å². The fraction of sp³-hybridized carbons (Fsp3) is 0.676. The summed E-state index contributed by atoms with van der Waals surface area (Å²) in [6, 6.07) is 1.96. The van der Waals surface area contributed by atoms with E-state index in [2.05, 4.69) is 20.2 Å². The third kappa shape index (κ3) is 7.30. The minimum Gasteiger partial charge on any atom is -0.460 e. The zero-order chi connectivity index (χ0) is 30.9. The van der Waals surface area contributed by atoms with Gasteiger partial charge in [-0.05, 0) is 102 Å². The summed E-state index contributed by atoms with van der Waals surface area (Å²) in [6.07, 6.45) is 17.2. The summed E-state index contributed by atoms with van der Waals surface area (Å²) in [5.74, 6) is 3.37. The molecule has 44 heavy (non-hydrogen) atoms. The number of ether oxygens (including phenoxy) is 1. The smallest absolute Gasteiger partial charge is 0.306 e. The van der Waals surface area contributed by atoms with Crippen molar-refractivity contribution in [2.45, 2.75) is 103 Å². The van der Waals surface area contributed by atoms with Crippen molar-refractivity contribution in [2.75, 3.05) is 34.8 Å². The van der Waals surface area contributed by atoms with Gasteiger partial charge in [0.25, 0.3) is 0 Å². The van der Waals surface area contributed by atoms with Crippen LogP contribution in [0.1, 0.15) is 97.8 Å². The highest BCUT2D eigenvalue weighted by atomic mass is 35.5. The molecular weight excluding hydrogens is 576 g/mol. The quantitative estimate of drug-likeness (QED) is 0.306. The fourth-order valence-corrected chi connectivity index (χ4v) is 7.79. The number of esters is 1. The molecule has 9 nitrogen and oxygen atoms in total. The highest BCUT2D eigenvalue weighted by Gasteiger charge is 2.47. The summed E-state index contributed by atoms with van der Waals surface area (Å²) in [7, 11) is 0. The predicted octanol–water partition coefficient (Wildman–Crippen LogP) is 7.32. The number of rotatable bonds is 8. The number of carbonyl (C=O) groups is 2. The number of anilines is 4. The van der Waals surface area contributed by atoms with E-state index in [0.717, 1.165) is 93.5 Å². The molecule has 0 radical (unpaired) electrons. The highest BCUT2D eigenvalue weighted by Crippen LogP contribution is 2.47. The summed E-state index contributed by atoms with van der Waals surface area (Å²) in [4.78, 5) is 44.1. The molecular formula is C34H47ClN6O3. The lowest BCUT2D eigenvalue weighted by molar-refractivity contribution is -0.155. The number of carbonyl (C=O) groups excluding carboxylic acids is 2. The van der Waals surface area contributed by atoms with Gasteiger partial charge in [0.15, 0.2) is 5.82 Å². The average molecular weight is 623 g/mol. The van der Waals surface area contributed by atoms with Crippen LogP contribution in [0.3, 0.4) is 0 Å². The van der Waals surface area contributed by atoms with Gasteiger partial charge < -0.3 is 19.9 Å². The van der Waals surface area contributed by atoms with Crippen LogP contribution in [0.4, 0.5) is 23.1 Å². The third-order valence-corrected chi connectivity index (χ3v) is 10.3. The van der Waals surface area contributed by atoms with Crippen molar-refractivity contribution in [1.82, 2.24) is 15.0 Å². The molecule has 6 rings (SSSR count). The molecule has 238 valence electrons. The molecule has 3 unspecified atom stereocenters. The molecule has 0 bridgehead atoms. The number of hydrogen-bond donors (Lipinski definition) is 1. The van der Waals surface area contributed by atoms with Crippen molar-refractivity contribution in [1.29, 1.82) is 0 Å². The number of piperidine rings is 1. The normalized spacial score (nSPS) is 26.1. The molecule has 0 aromatic carbocycles. The Morgan fingerprint density at radius 1 is 1.05 bits per heavy atom. The number of halogens is 1. The van der Waals surface area contributed by atoms with Gasteiger partial charge in [0.05, 0.1) is 35.4 Å². The van der Waals surface area contributed by atoms with Crippen LogP contribution in [-0.4, -0.2) is 52.1 Å². The lowest BCUT2D eigenvalue weighted by Crippen LogP contribution is -2.37. The Morgan fingerprint density at radius 3 is 2.68 bits per heavy atom. The maximum atomic E-state index is 13.9. The average Bonchev–Trinajstić information content (AvgIpc) is 3.81. The molecule has 4 aliphatic rings. The molecule has 2 saturated carbocycles. The Hall–Kier alpha value is -2.94. The number of amides is 1. The van der Waals surface area contributed by atoms with Crippen LogP contribution in [-0.2, 0) is 14.3 Å². The first-order chi connectivity index (χ1) is 21.1. The summed E-state index contributed by atoms with van der Waals surface area (Å²) in [5, 5.41) is 3.89. The highest BCUT2D eigenvalue weighted by molar-refractivity contribution is 6.32. The van der Waals surface area contributed by atoms with E-state index in [0.29, 0.717) is 29.9 Å². The van der Waals surface area contributed by atoms with Crippen molar-refractivity contribution in [2.24, 2.45) is 23.2 Å². The summed E-state index contributed by atoms with van der Waals surface area (Å²) in [6.45, 7) is 8.35. The maximum Gasteiger partial charge on any atom is 0.306 e. The second-order valence-corrected chi connectivity index (χ2v) is 14.9. The second-order valence-electron chi connectivity index (χ2n) is 14.5. The predicted molar refractivity (Wildman–Crippen MR) is 173 cm³/mol. The zero-order valence-electron chi connectivity index (χ0n) is 26.5. The minimum absolute atomic E-state index is 0.130. The van der Waals surface area contributed by atoms with E-state index in [1.54, 1.807) is 18.6 Å². The van der Waals surface area contributed by atoms with Gasteiger partial charge >= 0.3 is 5.97 Å². The number of nitrogens with zero attached hydrogens (tertiary/aromatic N) is 5. The SMILES string of the molecule is CC(C)(C)OC(=O)CCC1CCCC2(CC1)CCN(c1cncc(Nc3ncc(Cl)c(N4CCCC(C5CC5)C4)n3)c1)C2=O. The second kappa shape index (κ2) is 12.8. The molecule has 2 saturated heterocycles. The van der Waals surface area contributed by atoms with Crippen molar-refractivity contribution in [3.8, 4) is 0 Å². The fourth-order valence-electron chi connectivity index (χ4n) is 7.58. The van der Waals surface area contributed by atoms with E-state index >= 15 is 0 Å². The van der Waals surface area contributed by atoms with Crippen LogP contribution >= 0.6 is 11.6 Å². The Kier molecular flexibility index (Phi) is 9.05. The maximum absolute atomic E-state index is 13.9. The lowest BCUT2D eigenvalue weighted by Gasteiger charge is -2.34. The van der Waals surface area contributed by atoms with Crippen LogP contribution in [0.15, 0.2) is 24.7 Å². The van der Waals surface area contributed by atoms with Gasteiger partial charge in [0.1, 0.15) is 10.6 Å².